The Labute approximate surface area is 103 Å². The Balaban J connectivity index is 2.32. The summed E-state index contributed by atoms with van der Waals surface area (Å²) in [6, 6.07) is 7.12. The molecule has 5 heteroatoms. The Morgan fingerprint density at radius 3 is 2.94 bits per heavy atom. The molecule has 1 amide bonds. The lowest BCUT2D eigenvalue weighted by atomic mass is 10.1. The number of nitrogens with one attached hydrogen (secondary N) is 1. The van der Waals surface area contributed by atoms with Gasteiger partial charge < -0.3 is 5.32 Å². The zero-order chi connectivity index (χ0) is 12.3. The first-order valence-corrected chi connectivity index (χ1v) is 6.17. The number of fused-ring (bicyclic) bond motifs is 1. The van der Waals surface area contributed by atoms with Gasteiger partial charge in [-0.2, -0.15) is 0 Å². The lowest BCUT2D eigenvalue weighted by molar-refractivity contribution is -0.110. The minimum absolute atomic E-state index is 0.124. The number of Topliss-reactive ketones (excluding diaryl/α,β-unsaturated/α-hetero) is 1. The summed E-state index contributed by atoms with van der Waals surface area (Å²) in [5.74, 6) is -0.124. The van der Waals surface area contributed by atoms with E-state index in [1.165, 1.54) is 11.3 Å². The molecule has 4 nitrogen and oxygen atoms in total. The molecule has 2 rings (SSSR count). The van der Waals surface area contributed by atoms with E-state index in [2.05, 4.69) is 10.3 Å². The highest BCUT2D eigenvalue weighted by atomic mass is 32.1. The average Bonchev–Trinajstić information content (AvgIpc) is 2.78. The number of amides is 1. The van der Waals surface area contributed by atoms with Gasteiger partial charge >= 0.3 is 0 Å². The second-order valence-electron chi connectivity index (χ2n) is 3.60. The molecule has 0 aliphatic carbocycles. The number of nitrogens with zero attached hydrogens (tertiary/aromatic N) is 1. The molecule has 88 valence electrons. The van der Waals surface area contributed by atoms with Crippen molar-refractivity contribution in [2.45, 2.75) is 19.4 Å². The van der Waals surface area contributed by atoms with Crippen LogP contribution < -0.4 is 5.32 Å². The maximum absolute atomic E-state index is 12.1. The molecule has 0 fully saturated rings. The van der Waals surface area contributed by atoms with Crippen molar-refractivity contribution in [3.05, 3.63) is 29.3 Å². The normalized spacial score (nSPS) is 12.3. The van der Waals surface area contributed by atoms with Crippen molar-refractivity contribution in [1.29, 1.82) is 0 Å². The summed E-state index contributed by atoms with van der Waals surface area (Å²) >= 11 is 1.36. The second-order valence-corrected chi connectivity index (χ2v) is 4.63. The van der Waals surface area contributed by atoms with E-state index < -0.39 is 6.04 Å². The molecule has 0 radical (unpaired) electrons. The Hall–Kier alpha value is -1.75. The maximum Gasteiger partial charge on any atom is 0.213 e. The van der Waals surface area contributed by atoms with Crippen LogP contribution in [0.15, 0.2) is 24.3 Å². The lowest BCUT2D eigenvalue weighted by Gasteiger charge is -2.09. The second kappa shape index (κ2) is 5.05. The average molecular weight is 248 g/mol. The number of carbonyl (C=O) groups excluding carboxylic acids is 2. The fraction of sp³-hybridized carbons (Fsp3) is 0.250. The highest BCUT2D eigenvalue weighted by molar-refractivity contribution is 7.20. The number of thiazole rings is 1. The van der Waals surface area contributed by atoms with Gasteiger partial charge in [0.25, 0.3) is 0 Å². The van der Waals surface area contributed by atoms with E-state index in [0.29, 0.717) is 17.8 Å². The molecule has 2 aromatic rings. The van der Waals surface area contributed by atoms with Crippen LogP contribution in [0.5, 0.6) is 0 Å². The van der Waals surface area contributed by atoms with E-state index in [1.807, 2.05) is 31.2 Å². The van der Waals surface area contributed by atoms with E-state index in [0.717, 1.165) is 10.2 Å². The summed E-state index contributed by atoms with van der Waals surface area (Å²) in [4.78, 5) is 26.7. The standard InChI is InChI=1S/C12H12N2O2S/c1-2-8(13-7-15)11(16)12-14-9-5-3-4-6-10(9)17-12/h3-8H,2H2,1H3,(H,13,15)/t8-/m0/s1. The first-order valence-electron chi connectivity index (χ1n) is 5.35. The van der Waals surface area contributed by atoms with Crippen LogP contribution in [0.1, 0.15) is 23.1 Å². The van der Waals surface area contributed by atoms with Gasteiger partial charge in [-0.25, -0.2) is 4.98 Å². The molecule has 0 aliphatic rings. The number of hydrogen-bond acceptors (Lipinski definition) is 4. The first-order chi connectivity index (χ1) is 8.26. The van der Waals surface area contributed by atoms with E-state index in [4.69, 9.17) is 0 Å². The molecule has 0 spiro atoms. The number of ketones is 1. The Bertz CT molecular complexity index is 517. The van der Waals surface area contributed by atoms with Gasteiger partial charge in [-0.1, -0.05) is 19.1 Å². The highest BCUT2D eigenvalue weighted by Gasteiger charge is 2.20. The zero-order valence-corrected chi connectivity index (χ0v) is 10.2. The van der Waals surface area contributed by atoms with Gasteiger partial charge in [0.15, 0.2) is 5.01 Å². The number of rotatable bonds is 5. The molecule has 1 heterocycles. The molecule has 17 heavy (non-hydrogen) atoms. The highest BCUT2D eigenvalue weighted by Crippen LogP contribution is 2.22. The van der Waals surface area contributed by atoms with E-state index in [-0.39, 0.29) is 5.78 Å². The van der Waals surface area contributed by atoms with E-state index in [1.54, 1.807) is 0 Å². The largest absolute Gasteiger partial charge is 0.348 e. The Morgan fingerprint density at radius 2 is 2.29 bits per heavy atom. The van der Waals surface area contributed by atoms with Gasteiger partial charge in [0.05, 0.1) is 16.3 Å². The third kappa shape index (κ3) is 2.34. The molecule has 0 aliphatic heterocycles. The summed E-state index contributed by atoms with van der Waals surface area (Å²) in [5, 5.41) is 2.96. The molecule has 1 atom stereocenters. The summed E-state index contributed by atoms with van der Waals surface area (Å²) in [5.41, 5.74) is 0.821. The molecular weight excluding hydrogens is 236 g/mol. The van der Waals surface area contributed by atoms with Crippen molar-refractivity contribution in [3.63, 3.8) is 0 Å². The van der Waals surface area contributed by atoms with Crippen LogP contribution >= 0.6 is 11.3 Å². The fourth-order valence-corrected chi connectivity index (χ4v) is 2.55. The number of carbonyl (C=O) groups is 2. The zero-order valence-electron chi connectivity index (χ0n) is 9.34. The first kappa shape index (κ1) is 11.7. The van der Waals surface area contributed by atoms with Crippen LogP contribution in [0.25, 0.3) is 10.2 Å². The molecule has 1 aromatic carbocycles. The van der Waals surface area contributed by atoms with Crippen LogP contribution in [0.3, 0.4) is 0 Å². The minimum atomic E-state index is -0.479. The van der Waals surface area contributed by atoms with Gasteiger partial charge in [-0.05, 0) is 18.6 Å². The number of aromatic nitrogens is 1. The van der Waals surface area contributed by atoms with E-state index in [9.17, 15) is 9.59 Å². The minimum Gasteiger partial charge on any atom is -0.348 e. The monoisotopic (exact) mass is 248 g/mol. The van der Waals surface area contributed by atoms with Crippen molar-refractivity contribution in [3.8, 4) is 0 Å². The van der Waals surface area contributed by atoms with Gasteiger partial charge in [-0.15, -0.1) is 11.3 Å². The van der Waals surface area contributed by atoms with E-state index >= 15 is 0 Å². The Morgan fingerprint density at radius 1 is 1.53 bits per heavy atom. The molecular formula is C12H12N2O2S. The summed E-state index contributed by atoms with van der Waals surface area (Å²) < 4.78 is 0.983. The quantitative estimate of drug-likeness (QED) is 0.650. The third-order valence-corrected chi connectivity index (χ3v) is 3.55. The lowest BCUT2D eigenvalue weighted by Crippen LogP contribution is -2.35. The molecule has 1 N–H and O–H groups in total. The van der Waals surface area contributed by atoms with Gasteiger partial charge in [0.2, 0.25) is 12.2 Å². The third-order valence-electron chi connectivity index (χ3n) is 2.50. The van der Waals surface area contributed by atoms with Crippen molar-refractivity contribution >= 4 is 33.7 Å². The van der Waals surface area contributed by atoms with Gasteiger partial charge in [0.1, 0.15) is 0 Å². The van der Waals surface area contributed by atoms with Crippen LogP contribution in [-0.2, 0) is 4.79 Å². The predicted molar refractivity (Wildman–Crippen MR) is 67.2 cm³/mol. The van der Waals surface area contributed by atoms with Crippen molar-refractivity contribution in [1.82, 2.24) is 10.3 Å². The van der Waals surface area contributed by atoms with Crippen LogP contribution in [0, 0.1) is 0 Å². The van der Waals surface area contributed by atoms with Crippen molar-refractivity contribution in [2.75, 3.05) is 0 Å². The summed E-state index contributed by atoms with van der Waals surface area (Å²) in [6.07, 6.45) is 1.12. The summed E-state index contributed by atoms with van der Waals surface area (Å²) in [6.45, 7) is 1.85. The maximum atomic E-state index is 12.1. The van der Waals surface area contributed by atoms with Crippen LogP contribution in [0.4, 0.5) is 0 Å². The topological polar surface area (TPSA) is 59.1 Å². The smallest absolute Gasteiger partial charge is 0.213 e. The van der Waals surface area contributed by atoms with Crippen molar-refractivity contribution < 1.29 is 9.59 Å². The molecule has 0 bridgehead atoms. The molecule has 0 unspecified atom stereocenters. The SMILES string of the molecule is CC[C@H](NC=O)C(=O)c1nc2ccccc2s1. The molecule has 1 aromatic heterocycles. The number of benzene rings is 1. The summed E-state index contributed by atoms with van der Waals surface area (Å²) in [7, 11) is 0. The number of hydrogen-bond donors (Lipinski definition) is 1. The van der Waals surface area contributed by atoms with Crippen LogP contribution in [-0.4, -0.2) is 23.2 Å². The van der Waals surface area contributed by atoms with Crippen molar-refractivity contribution in [2.24, 2.45) is 0 Å². The predicted octanol–water partition coefficient (Wildman–Crippen LogP) is 2.00. The number of para-hydroxylation sites is 1. The van der Waals surface area contributed by atoms with Gasteiger partial charge in [0, 0.05) is 0 Å². The van der Waals surface area contributed by atoms with Gasteiger partial charge in [-0.3, -0.25) is 9.59 Å². The Kier molecular flexibility index (Phi) is 3.49. The molecule has 0 saturated carbocycles. The molecule has 0 saturated heterocycles. The van der Waals surface area contributed by atoms with Crippen LogP contribution in [0.2, 0.25) is 0 Å². The fourth-order valence-electron chi connectivity index (χ4n) is 1.59.